The summed E-state index contributed by atoms with van der Waals surface area (Å²) in [4.78, 5) is 44.0. The van der Waals surface area contributed by atoms with E-state index in [2.05, 4.69) is 26.2 Å². The molecule has 1 N–H and O–H groups in total. The fourth-order valence-corrected chi connectivity index (χ4v) is 4.87. The van der Waals surface area contributed by atoms with Crippen molar-refractivity contribution in [1.29, 1.82) is 0 Å². The fourth-order valence-electron chi connectivity index (χ4n) is 3.35. The number of carbonyl (C=O) groups excluding carboxylic acids is 3. The van der Waals surface area contributed by atoms with Crippen molar-refractivity contribution in [2.45, 2.75) is 25.7 Å². The zero-order valence-electron chi connectivity index (χ0n) is 13.8. The lowest BCUT2D eigenvalue weighted by Crippen LogP contribution is -2.33. The number of amides is 2. The summed E-state index contributed by atoms with van der Waals surface area (Å²) < 4.78 is 0.820. The van der Waals surface area contributed by atoms with Crippen LogP contribution < -0.4 is 10.2 Å². The highest BCUT2D eigenvalue weighted by Crippen LogP contribution is 2.33. The van der Waals surface area contributed by atoms with E-state index in [-0.39, 0.29) is 17.6 Å². The molecule has 1 saturated heterocycles. The van der Waals surface area contributed by atoms with Gasteiger partial charge >= 0.3 is 0 Å². The van der Waals surface area contributed by atoms with E-state index >= 15 is 0 Å². The molecule has 0 radical (unpaired) electrons. The minimum Gasteiger partial charge on any atom is -0.311 e. The van der Waals surface area contributed by atoms with E-state index in [0.717, 1.165) is 27.9 Å². The molecule has 0 saturated carbocycles. The molecule has 0 spiro atoms. The molecule has 2 aliphatic rings. The standard InChI is InChI=1S/C18H16BrN3O3S/c19-11-4-1-2-5-12(11)22-9-8-10(17(22)25)16(24)21-18-20-15-13(23)6-3-7-14(15)26-18/h1-2,4-5,10H,3,6-9H2,(H,20,21,24). The van der Waals surface area contributed by atoms with Crippen LogP contribution in [0, 0.1) is 5.92 Å². The molecule has 134 valence electrons. The number of halogens is 1. The molecule has 1 aliphatic heterocycles. The molecule has 1 atom stereocenters. The van der Waals surface area contributed by atoms with Gasteiger partial charge in [-0.15, -0.1) is 11.3 Å². The highest BCUT2D eigenvalue weighted by molar-refractivity contribution is 9.10. The van der Waals surface area contributed by atoms with Crippen molar-refractivity contribution in [2.75, 3.05) is 16.8 Å². The Kier molecular flexibility index (Phi) is 4.62. The van der Waals surface area contributed by atoms with Crippen LogP contribution in [0.5, 0.6) is 0 Å². The van der Waals surface area contributed by atoms with Crippen LogP contribution >= 0.6 is 27.3 Å². The third kappa shape index (κ3) is 3.07. The van der Waals surface area contributed by atoms with Gasteiger partial charge in [-0.1, -0.05) is 12.1 Å². The first kappa shape index (κ1) is 17.4. The SMILES string of the molecule is O=C1CCCc2sc(NC(=O)C3CCN(c4ccccc4Br)C3=O)nc21. The van der Waals surface area contributed by atoms with Crippen molar-refractivity contribution in [3.8, 4) is 0 Å². The largest absolute Gasteiger partial charge is 0.311 e. The number of nitrogens with one attached hydrogen (secondary N) is 1. The van der Waals surface area contributed by atoms with Gasteiger partial charge in [-0.3, -0.25) is 14.4 Å². The van der Waals surface area contributed by atoms with Crippen molar-refractivity contribution in [2.24, 2.45) is 5.92 Å². The predicted octanol–water partition coefficient (Wildman–Crippen LogP) is 3.42. The molecule has 2 amide bonds. The van der Waals surface area contributed by atoms with E-state index in [1.54, 1.807) is 4.90 Å². The van der Waals surface area contributed by atoms with E-state index < -0.39 is 5.92 Å². The van der Waals surface area contributed by atoms with Gasteiger partial charge in [-0.05, 0) is 47.3 Å². The number of nitrogens with zero attached hydrogens (tertiary/aromatic N) is 2. The second-order valence-corrected chi connectivity index (χ2v) is 8.28. The Morgan fingerprint density at radius 2 is 2.08 bits per heavy atom. The molecule has 4 rings (SSSR count). The lowest BCUT2D eigenvalue weighted by atomic mass is 10.0. The molecule has 8 heteroatoms. The van der Waals surface area contributed by atoms with Crippen LogP contribution in [0.1, 0.15) is 34.6 Å². The van der Waals surface area contributed by atoms with Crippen LogP contribution in [0.25, 0.3) is 0 Å². The minimum atomic E-state index is -0.737. The Labute approximate surface area is 162 Å². The summed E-state index contributed by atoms with van der Waals surface area (Å²) in [6.07, 6.45) is 2.60. The Bertz CT molecular complexity index is 911. The summed E-state index contributed by atoms with van der Waals surface area (Å²) in [5, 5.41) is 3.14. The van der Waals surface area contributed by atoms with Crippen LogP contribution in [0.15, 0.2) is 28.7 Å². The van der Waals surface area contributed by atoms with Gasteiger partial charge in [-0.25, -0.2) is 4.98 Å². The van der Waals surface area contributed by atoms with Crippen LogP contribution in [-0.2, 0) is 16.0 Å². The summed E-state index contributed by atoms with van der Waals surface area (Å²) in [6.45, 7) is 0.492. The van der Waals surface area contributed by atoms with Crippen LogP contribution in [-0.4, -0.2) is 29.1 Å². The zero-order valence-corrected chi connectivity index (χ0v) is 16.2. The predicted molar refractivity (Wildman–Crippen MR) is 103 cm³/mol. The average molecular weight is 434 g/mol. The van der Waals surface area contributed by atoms with E-state index in [9.17, 15) is 14.4 Å². The molecule has 1 unspecified atom stereocenters. The van der Waals surface area contributed by atoms with Crippen LogP contribution in [0.2, 0.25) is 0 Å². The first-order chi connectivity index (χ1) is 12.5. The quantitative estimate of drug-likeness (QED) is 0.751. The number of para-hydroxylation sites is 1. The molecule has 26 heavy (non-hydrogen) atoms. The third-order valence-electron chi connectivity index (χ3n) is 4.66. The normalized spacial score (nSPS) is 19.6. The summed E-state index contributed by atoms with van der Waals surface area (Å²) in [7, 11) is 0. The average Bonchev–Trinajstić information content (AvgIpc) is 3.19. The fraction of sp³-hybridized carbons (Fsp3) is 0.333. The van der Waals surface area contributed by atoms with Gasteiger partial charge in [0.05, 0.1) is 5.69 Å². The first-order valence-electron chi connectivity index (χ1n) is 8.44. The summed E-state index contributed by atoms with van der Waals surface area (Å²) in [6, 6.07) is 7.46. The van der Waals surface area contributed by atoms with Crippen molar-refractivity contribution >= 4 is 55.7 Å². The Balaban J connectivity index is 1.49. The number of ketones is 1. The van der Waals surface area contributed by atoms with E-state index in [1.807, 2.05) is 24.3 Å². The second kappa shape index (κ2) is 6.92. The van der Waals surface area contributed by atoms with Gasteiger partial charge < -0.3 is 10.2 Å². The second-order valence-electron chi connectivity index (χ2n) is 6.34. The Morgan fingerprint density at radius 3 is 2.85 bits per heavy atom. The number of thiazole rings is 1. The molecular weight excluding hydrogens is 418 g/mol. The molecule has 0 bridgehead atoms. The summed E-state index contributed by atoms with van der Waals surface area (Å²) in [5.74, 6) is -1.28. The number of rotatable bonds is 3. The lowest BCUT2D eigenvalue weighted by Gasteiger charge is -2.18. The molecule has 1 fully saturated rings. The number of benzene rings is 1. The lowest BCUT2D eigenvalue weighted by molar-refractivity contribution is -0.129. The number of aryl methyl sites for hydroxylation is 1. The molecular formula is C18H16BrN3O3S. The number of anilines is 2. The monoisotopic (exact) mass is 433 g/mol. The van der Waals surface area contributed by atoms with E-state index in [0.29, 0.717) is 30.2 Å². The first-order valence-corrected chi connectivity index (χ1v) is 10.0. The maximum atomic E-state index is 12.7. The highest BCUT2D eigenvalue weighted by Gasteiger charge is 2.38. The molecule has 6 nitrogen and oxygen atoms in total. The number of fused-ring (bicyclic) bond motifs is 1. The van der Waals surface area contributed by atoms with Crippen molar-refractivity contribution in [3.63, 3.8) is 0 Å². The third-order valence-corrected chi connectivity index (χ3v) is 6.37. The van der Waals surface area contributed by atoms with Gasteiger partial charge in [0.25, 0.3) is 0 Å². The van der Waals surface area contributed by atoms with Gasteiger partial charge in [0, 0.05) is 22.3 Å². The van der Waals surface area contributed by atoms with Crippen LogP contribution in [0.3, 0.4) is 0 Å². The van der Waals surface area contributed by atoms with E-state index in [1.165, 1.54) is 11.3 Å². The summed E-state index contributed by atoms with van der Waals surface area (Å²) in [5.41, 5.74) is 1.24. The van der Waals surface area contributed by atoms with Crippen molar-refractivity contribution in [3.05, 3.63) is 39.3 Å². The number of aromatic nitrogens is 1. The topological polar surface area (TPSA) is 79.4 Å². The van der Waals surface area contributed by atoms with Gasteiger partial charge in [0.15, 0.2) is 10.9 Å². The number of carbonyl (C=O) groups is 3. The highest BCUT2D eigenvalue weighted by atomic mass is 79.9. The van der Waals surface area contributed by atoms with Crippen molar-refractivity contribution < 1.29 is 14.4 Å². The molecule has 1 aromatic heterocycles. The maximum Gasteiger partial charge on any atom is 0.239 e. The molecule has 2 aromatic rings. The smallest absolute Gasteiger partial charge is 0.239 e. The van der Waals surface area contributed by atoms with Crippen LogP contribution in [0.4, 0.5) is 10.8 Å². The van der Waals surface area contributed by atoms with Gasteiger partial charge in [0.1, 0.15) is 11.6 Å². The molecule has 1 aromatic carbocycles. The van der Waals surface area contributed by atoms with Crippen molar-refractivity contribution in [1.82, 2.24) is 4.98 Å². The minimum absolute atomic E-state index is 0.0278. The van der Waals surface area contributed by atoms with Gasteiger partial charge in [-0.2, -0.15) is 0 Å². The Hall–Kier alpha value is -2.06. The van der Waals surface area contributed by atoms with Gasteiger partial charge in [0.2, 0.25) is 11.8 Å². The molecule has 2 heterocycles. The zero-order chi connectivity index (χ0) is 18.3. The summed E-state index contributed by atoms with van der Waals surface area (Å²) >= 11 is 4.78. The number of hydrogen-bond donors (Lipinski definition) is 1. The maximum absolute atomic E-state index is 12.7. The number of Topliss-reactive ketones (excluding diaryl/α,β-unsaturated/α-hetero) is 1. The molecule has 1 aliphatic carbocycles. The Morgan fingerprint density at radius 1 is 1.27 bits per heavy atom. The number of hydrogen-bond acceptors (Lipinski definition) is 5. The van der Waals surface area contributed by atoms with E-state index in [4.69, 9.17) is 0 Å².